The lowest BCUT2D eigenvalue weighted by molar-refractivity contribution is -0.132. The van der Waals surface area contributed by atoms with Gasteiger partial charge in [-0.15, -0.1) is 0 Å². The van der Waals surface area contributed by atoms with Crippen LogP contribution >= 0.6 is 0 Å². The van der Waals surface area contributed by atoms with Crippen molar-refractivity contribution in [1.29, 1.82) is 0 Å². The van der Waals surface area contributed by atoms with Crippen molar-refractivity contribution in [2.75, 3.05) is 6.54 Å². The van der Waals surface area contributed by atoms with Crippen LogP contribution in [-0.2, 0) is 11.3 Å². The minimum atomic E-state index is -0.286. The number of pyridine rings is 1. The second-order valence-corrected chi connectivity index (χ2v) is 5.25. The van der Waals surface area contributed by atoms with Crippen molar-refractivity contribution in [2.24, 2.45) is 5.73 Å². The zero-order chi connectivity index (χ0) is 13.6. The van der Waals surface area contributed by atoms with E-state index in [1.807, 2.05) is 37.8 Å². The summed E-state index contributed by atoms with van der Waals surface area (Å²) in [6, 6.07) is 3.87. The number of carbonyl (C=O) groups excluding carboxylic acids is 1. The molecule has 0 atom stereocenters. The standard InChI is InChI=1S/C14H23N3O/c1-4-17(11-12-6-9-16-10-7-12)13(18)5-8-14(2,3)15/h6-7,9-10H,4-5,8,11,15H2,1-3H3. The van der Waals surface area contributed by atoms with Gasteiger partial charge in [0.15, 0.2) is 0 Å². The van der Waals surface area contributed by atoms with Gasteiger partial charge in [0.1, 0.15) is 0 Å². The Morgan fingerprint density at radius 1 is 1.39 bits per heavy atom. The van der Waals surface area contributed by atoms with E-state index in [9.17, 15) is 4.79 Å². The van der Waals surface area contributed by atoms with Gasteiger partial charge < -0.3 is 10.6 Å². The van der Waals surface area contributed by atoms with Crippen molar-refractivity contribution < 1.29 is 4.79 Å². The van der Waals surface area contributed by atoms with E-state index < -0.39 is 0 Å². The molecule has 0 unspecified atom stereocenters. The summed E-state index contributed by atoms with van der Waals surface area (Å²) in [6.45, 7) is 7.24. The van der Waals surface area contributed by atoms with Gasteiger partial charge in [-0.05, 0) is 44.9 Å². The Balaban J connectivity index is 2.53. The SMILES string of the molecule is CCN(Cc1ccncc1)C(=O)CCC(C)(C)N. The summed E-state index contributed by atoms with van der Waals surface area (Å²) >= 11 is 0. The molecule has 1 aromatic rings. The van der Waals surface area contributed by atoms with Crippen molar-refractivity contribution >= 4 is 5.91 Å². The summed E-state index contributed by atoms with van der Waals surface area (Å²) in [7, 11) is 0. The Labute approximate surface area is 109 Å². The Kier molecular flexibility index (Phi) is 5.28. The summed E-state index contributed by atoms with van der Waals surface area (Å²) < 4.78 is 0. The third kappa shape index (κ3) is 5.27. The number of carbonyl (C=O) groups is 1. The number of nitrogens with zero attached hydrogens (tertiary/aromatic N) is 2. The van der Waals surface area contributed by atoms with Crippen LogP contribution in [0.15, 0.2) is 24.5 Å². The molecule has 1 rings (SSSR count). The predicted molar refractivity (Wildman–Crippen MR) is 72.8 cm³/mol. The van der Waals surface area contributed by atoms with Crippen LogP contribution in [0, 0.1) is 0 Å². The maximum absolute atomic E-state index is 12.1. The molecule has 0 spiro atoms. The Hall–Kier alpha value is -1.42. The first kappa shape index (κ1) is 14.6. The fourth-order valence-electron chi connectivity index (χ4n) is 1.67. The van der Waals surface area contributed by atoms with Gasteiger partial charge in [-0.2, -0.15) is 0 Å². The fraction of sp³-hybridized carbons (Fsp3) is 0.571. The van der Waals surface area contributed by atoms with E-state index in [-0.39, 0.29) is 11.4 Å². The molecular weight excluding hydrogens is 226 g/mol. The average Bonchev–Trinajstić information content (AvgIpc) is 2.33. The van der Waals surface area contributed by atoms with Crippen LogP contribution < -0.4 is 5.73 Å². The number of hydrogen-bond acceptors (Lipinski definition) is 3. The van der Waals surface area contributed by atoms with E-state index in [2.05, 4.69) is 4.98 Å². The van der Waals surface area contributed by atoms with E-state index in [1.54, 1.807) is 12.4 Å². The molecule has 0 aliphatic carbocycles. The molecule has 100 valence electrons. The third-order valence-electron chi connectivity index (χ3n) is 2.84. The number of hydrogen-bond donors (Lipinski definition) is 1. The zero-order valence-electron chi connectivity index (χ0n) is 11.5. The van der Waals surface area contributed by atoms with Crippen LogP contribution in [0.2, 0.25) is 0 Å². The molecule has 0 aromatic carbocycles. The summed E-state index contributed by atoms with van der Waals surface area (Å²) in [4.78, 5) is 17.9. The molecule has 0 radical (unpaired) electrons. The van der Waals surface area contributed by atoms with Crippen LogP contribution in [0.3, 0.4) is 0 Å². The number of aromatic nitrogens is 1. The highest BCUT2D eigenvalue weighted by molar-refractivity contribution is 5.76. The minimum Gasteiger partial charge on any atom is -0.339 e. The summed E-state index contributed by atoms with van der Waals surface area (Å²) in [5, 5.41) is 0. The minimum absolute atomic E-state index is 0.160. The largest absolute Gasteiger partial charge is 0.339 e. The molecule has 4 nitrogen and oxygen atoms in total. The van der Waals surface area contributed by atoms with E-state index in [1.165, 1.54) is 0 Å². The summed E-state index contributed by atoms with van der Waals surface area (Å²) in [6.07, 6.45) is 4.70. The van der Waals surface area contributed by atoms with Crippen molar-refractivity contribution in [1.82, 2.24) is 9.88 Å². The normalized spacial score (nSPS) is 11.3. The first-order valence-corrected chi connectivity index (χ1v) is 6.38. The van der Waals surface area contributed by atoms with Gasteiger partial charge in [-0.25, -0.2) is 0 Å². The van der Waals surface area contributed by atoms with Gasteiger partial charge in [-0.1, -0.05) is 0 Å². The topological polar surface area (TPSA) is 59.2 Å². The molecule has 0 saturated carbocycles. The van der Waals surface area contributed by atoms with Gasteiger partial charge in [0, 0.05) is 37.4 Å². The van der Waals surface area contributed by atoms with Gasteiger partial charge in [-0.3, -0.25) is 9.78 Å². The van der Waals surface area contributed by atoms with Gasteiger partial charge in [0.05, 0.1) is 0 Å². The molecule has 0 aliphatic rings. The number of amides is 1. The highest BCUT2D eigenvalue weighted by Gasteiger charge is 2.17. The molecule has 0 aliphatic heterocycles. The lowest BCUT2D eigenvalue weighted by Crippen LogP contribution is -2.36. The molecule has 1 amide bonds. The Morgan fingerprint density at radius 3 is 2.50 bits per heavy atom. The van der Waals surface area contributed by atoms with Crippen molar-refractivity contribution in [2.45, 2.75) is 45.7 Å². The molecule has 1 heterocycles. The van der Waals surface area contributed by atoms with Crippen LogP contribution in [0.25, 0.3) is 0 Å². The highest BCUT2D eigenvalue weighted by Crippen LogP contribution is 2.11. The zero-order valence-corrected chi connectivity index (χ0v) is 11.5. The molecule has 2 N–H and O–H groups in total. The van der Waals surface area contributed by atoms with Crippen LogP contribution in [0.5, 0.6) is 0 Å². The van der Waals surface area contributed by atoms with E-state index >= 15 is 0 Å². The lowest BCUT2D eigenvalue weighted by atomic mass is 9.99. The van der Waals surface area contributed by atoms with E-state index in [0.29, 0.717) is 25.9 Å². The Bertz CT molecular complexity index is 370. The van der Waals surface area contributed by atoms with Gasteiger partial charge in [0.25, 0.3) is 0 Å². The molecule has 0 saturated heterocycles. The maximum atomic E-state index is 12.1. The van der Waals surface area contributed by atoms with E-state index in [4.69, 9.17) is 5.73 Å². The molecule has 1 aromatic heterocycles. The predicted octanol–water partition coefficient (Wildman–Crippen LogP) is 1.95. The number of nitrogens with two attached hydrogens (primary N) is 1. The van der Waals surface area contributed by atoms with Crippen molar-refractivity contribution in [3.05, 3.63) is 30.1 Å². The number of rotatable bonds is 6. The van der Waals surface area contributed by atoms with Gasteiger partial charge in [0.2, 0.25) is 5.91 Å². The summed E-state index contributed by atoms with van der Waals surface area (Å²) in [5.74, 6) is 0.160. The third-order valence-corrected chi connectivity index (χ3v) is 2.84. The second kappa shape index (κ2) is 6.50. The first-order valence-electron chi connectivity index (χ1n) is 6.38. The van der Waals surface area contributed by atoms with Gasteiger partial charge >= 0.3 is 0 Å². The molecule has 0 fully saturated rings. The quantitative estimate of drug-likeness (QED) is 0.838. The van der Waals surface area contributed by atoms with Crippen LogP contribution in [0.4, 0.5) is 0 Å². The summed E-state index contributed by atoms with van der Waals surface area (Å²) in [5.41, 5.74) is 6.72. The second-order valence-electron chi connectivity index (χ2n) is 5.25. The molecular formula is C14H23N3O. The highest BCUT2D eigenvalue weighted by atomic mass is 16.2. The maximum Gasteiger partial charge on any atom is 0.222 e. The molecule has 4 heteroatoms. The van der Waals surface area contributed by atoms with Crippen molar-refractivity contribution in [3.8, 4) is 0 Å². The molecule has 0 bridgehead atoms. The van der Waals surface area contributed by atoms with Crippen LogP contribution in [-0.4, -0.2) is 27.9 Å². The molecule has 18 heavy (non-hydrogen) atoms. The lowest BCUT2D eigenvalue weighted by Gasteiger charge is -2.24. The van der Waals surface area contributed by atoms with E-state index in [0.717, 1.165) is 5.56 Å². The fourth-order valence-corrected chi connectivity index (χ4v) is 1.67. The monoisotopic (exact) mass is 249 g/mol. The average molecular weight is 249 g/mol. The smallest absolute Gasteiger partial charge is 0.222 e. The van der Waals surface area contributed by atoms with Crippen LogP contribution in [0.1, 0.15) is 39.2 Å². The first-order chi connectivity index (χ1) is 8.42. The Morgan fingerprint density at radius 2 is 2.00 bits per heavy atom. The van der Waals surface area contributed by atoms with Crippen molar-refractivity contribution in [3.63, 3.8) is 0 Å².